The largest absolute Gasteiger partial charge is 0.480 e. The third-order valence-electron chi connectivity index (χ3n) is 2.85. The molecule has 100 valence electrons. The van der Waals surface area contributed by atoms with Crippen LogP contribution in [0.15, 0.2) is 22.7 Å². The van der Waals surface area contributed by atoms with Crippen LogP contribution >= 0.6 is 15.9 Å². The molecule has 1 atom stereocenters. The molecule has 0 spiro atoms. The van der Waals surface area contributed by atoms with Crippen LogP contribution in [-0.4, -0.2) is 17.1 Å². The summed E-state index contributed by atoms with van der Waals surface area (Å²) < 4.78 is 1.04. The predicted octanol–water partition coefficient (Wildman–Crippen LogP) is 3.35. The number of nitrogens with one attached hydrogen (secondary N) is 1. The van der Waals surface area contributed by atoms with Crippen molar-refractivity contribution >= 4 is 21.9 Å². The Labute approximate surface area is 117 Å². The van der Waals surface area contributed by atoms with Gasteiger partial charge in [-0.05, 0) is 42.5 Å². The highest BCUT2D eigenvalue weighted by Gasteiger charge is 2.18. The van der Waals surface area contributed by atoms with Gasteiger partial charge in [0.2, 0.25) is 0 Å². The Kier molecular flexibility index (Phi) is 5.82. The number of hydrogen-bond donors (Lipinski definition) is 2. The summed E-state index contributed by atoms with van der Waals surface area (Å²) in [5.41, 5.74) is 2.29. The SMILES string of the molecule is Cc1cc(Br)ccc1CN[C@@H](CC(C)C)C(=O)O. The summed E-state index contributed by atoms with van der Waals surface area (Å²) in [6.45, 7) is 6.67. The summed E-state index contributed by atoms with van der Waals surface area (Å²) in [7, 11) is 0. The third-order valence-corrected chi connectivity index (χ3v) is 3.34. The first-order valence-electron chi connectivity index (χ1n) is 6.11. The smallest absolute Gasteiger partial charge is 0.320 e. The Morgan fingerprint density at radius 3 is 2.61 bits per heavy atom. The molecule has 0 amide bonds. The fraction of sp³-hybridized carbons (Fsp3) is 0.500. The van der Waals surface area contributed by atoms with E-state index >= 15 is 0 Å². The lowest BCUT2D eigenvalue weighted by Gasteiger charge is -2.17. The quantitative estimate of drug-likeness (QED) is 0.846. The lowest BCUT2D eigenvalue weighted by atomic mass is 10.0. The molecule has 1 aromatic rings. The zero-order valence-electron chi connectivity index (χ0n) is 11.0. The molecule has 4 heteroatoms. The summed E-state index contributed by atoms with van der Waals surface area (Å²) in [4.78, 5) is 11.1. The van der Waals surface area contributed by atoms with Gasteiger partial charge in [0.05, 0.1) is 0 Å². The van der Waals surface area contributed by atoms with E-state index in [0.717, 1.165) is 15.6 Å². The maximum Gasteiger partial charge on any atom is 0.320 e. The molecular weight excluding hydrogens is 294 g/mol. The molecule has 0 aliphatic heterocycles. The second-order valence-corrected chi connectivity index (χ2v) is 5.89. The van der Waals surface area contributed by atoms with E-state index in [0.29, 0.717) is 18.9 Å². The average molecular weight is 314 g/mol. The fourth-order valence-corrected chi connectivity index (χ4v) is 2.31. The highest BCUT2D eigenvalue weighted by molar-refractivity contribution is 9.10. The van der Waals surface area contributed by atoms with Crippen molar-refractivity contribution in [2.45, 2.75) is 39.8 Å². The van der Waals surface area contributed by atoms with E-state index in [-0.39, 0.29) is 0 Å². The molecule has 0 heterocycles. The van der Waals surface area contributed by atoms with Gasteiger partial charge in [-0.15, -0.1) is 0 Å². The van der Waals surface area contributed by atoms with Crippen LogP contribution in [0.25, 0.3) is 0 Å². The number of rotatable bonds is 6. The number of aliphatic carboxylic acids is 1. The third kappa shape index (κ3) is 4.78. The highest BCUT2D eigenvalue weighted by Crippen LogP contribution is 2.16. The molecule has 0 aromatic heterocycles. The van der Waals surface area contributed by atoms with Crippen molar-refractivity contribution in [1.29, 1.82) is 0 Å². The first-order valence-corrected chi connectivity index (χ1v) is 6.90. The number of carboxylic acids is 1. The van der Waals surface area contributed by atoms with Gasteiger partial charge < -0.3 is 10.4 Å². The molecule has 0 saturated carbocycles. The maximum atomic E-state index is 11.1. The molecule has 3 nitrogen and oxygen atoms in total. The zero-order chi connectivity index (χ0) is 13.7. The molecule has 0 bridgehead atoms. The Hall–Kier alpha value is -0.870. The van der Waals surface area contributed by atoms with Crippen LogP contribution in [-0.2, 0) is 11.3 Å². The molecule has 0 aliphatic carbocycles. The first kappa shape index (κ1) is 15.2. The molecule has 0 fully saturated rings. The normalized spacial score (nSPS) is 12.7. The van der Waals surface area contributed by atoms with E-state index < -0.39 is 12.0 Å². The van der Waals surface area contributed by atoms with Crippen molar-refractivity contribution in [3.8, 4) is 0 Å². The summed E-state index contributed by atoms with van der Waals surface area (Å²) >= 11 is 3.42. The van der Waals surface area contributed by atoms with Gasteiger partial charge in [0.15, 0.2) is 0 Å². The lowest BCUT2D eigenvalue weighted by Crippen LogP contribution is -2.37. The van der Waals surface area contributed by atoms with Gasteiger partial charge >= 0.3 is 5.97 Å². The van der Waals surface area contributed by atoms with E-state index in [1.807, 2.05) is 39.0 Å². The highest BCUT2D eigenvalue weighted by atomic mass is 79.9. The monoisotopic (exact) mass is 313 g/mol. The van der Waals surface area contributed by atoms with Crippen molar-refractivity contribution in [1.82, 2.24) is 5.32 Å². The molecule has 0 unspecified atom stereocenters. The topological polar surface area (TPSA) is 49.3 Å². The number of benzene rings is 1. The number of halogens is 1. The van der Waals surface area contributed by atoms with E-state index in [4.69, 9.17) is 5.11 Å². The van der Waals surface area contributed by atoms with E-state index in [9.17, 15) is 4.79 Å². The Morgan fingerprint density at radius 1 is 1.44 bits per heavy atom. The Bertz CT molecular complexity index is 418. The van der Waals surface area contributed by atoms with Gasteiger partial charge in [-0.1, -0.05) is 35.8 Å². The summed E-state index contributed by atoms with van der Waals surface area (Å²) in [5.74, 6) is -0.414. The van der Waals surface area contributed by atoms with Crippen LogP contribution in [0.1, 0.15) is 31.4 Å². The molecule has 2 N–H and O–H groups in total. The molecule has 0 saturated heterocycles. The van der Waals surface area contributed by atoms with Gasteiger partial charge in [0.1, 0.15) is 6.04 Å². The van der Waals surface area contributed by atoms with E-state index in [1.165, 1.54) is 0 Å². The van der Waals surface area contributed by atoms with Gasteiger partial charge in [0, 0.05) is 11.0 Å². The minimum Gasteiger partial charge on any atom is -0.480 e. The molecule has 0 radical (unpaired) electrons. The summed E-state index contributed by atoms with van der Waals surface area (Å²) in [5, 5.41) is 12.3. The number of carboxylic acid groups (broad SMARTS) is 1. The minimum absolute atomic E-state index is 0.365. The van der Waals surface area contributed by atoms with Crippen LogP contribution in [0, 0.1) is 12.8 Å². The molecule has 1 rings (SSSR count). The van der Waals surface area contributed by atoms with Crippen LogP contribution in [0.4, 0.5) is 0 Å². The van der Waals surface area contributed by atoms with Crippen molar-refractivity contribution in [2.24, 2.45) is 5.92 Å². The van der Waals surface area contributed by atoms with Gasteiger partial charge in [0.25, 0.3) is 0 Å². The Morgan fingerprint density at radius 2 is 2.11 bits per heavy atom. The van der Waals surface area contributed by atoms with E-state index in [1.54, 1.807) is 0 Å². The summed E-state index contributed by atoms with van der Waals surface area (Å²) in [6.07, 6.45) is 0.644. The number of aryl methyl sites for hydroxylation is 1. The first-order chi connectivity index (χ1) is 8.40. The molecule has 18 heavy (non-hydrogen) atoms. The summed E-state index contributed by atoms with van der Waals surface area (Å²) in [6, 6.07) is 5.55. The zero-order valence-corrected chi connectivity index (χ0v) is 12.6. The fourth-order valence-electron chi connectivity index (χ4n) is 1.83. The van der Waals surface area contributed by atoms with Gasteiger partial charge in [-0.25, -0.2) is 0 Å². The van der Waals surface area contributed by atoms with E-state index in [2.05, 4.69) is 21.2 Å². The number of hydrogen-bond acceptors (Lipinski definition) is 2. The van der Waals surface area contributed by atoms with Crippen LogP contribution in [0.3, 0.4) is 0 Å². The molecule has 1 aromatic carbocycles. The van der Waals surface area contributed by atoms with Crippen LogP contribution < -0.4 is 5.32 Å². The predicted molar refractivity (Wildman–Crippen MR) is 76.6 cm³/mol. The standard InChI is InChI=1S/C14H20BrNO2/c1-9(2)6-13(14(17)18)16-8-11-4-5-12(15)7-10(11)3/h4-5,7,9,13,16H,6,8H2,1-3H3,(H,17,18)/t13-/m0/s1. The molecular formula is C14H20BrNO2. The minimum atomic E-state index is -0.779. The lowest BCUT2D eigenvalue weighted by molar-refractivity contribution is -0.140. The van der Waals surface area contributed by atoms with Crippen molar-refractivity contribution in [3.05, 3.63) is 33.8 Å². The van der Waals surface area contributed by atoms with Crippen molar-refractivity contribution < 1.29 is 9.90 Å². The maximum absolute atomic E-state index is 11.1. The average Bonchev–Trinajstić information content (AvgIpc) is 2.25. The van der Waals surface area contributed by atoms with Crippen molar-refractivity contribution in [2.75, 3.05) is 0 Å². The number of carbonyl (C=O) groups is 1. The molecule has 0 aliphatic rings. The van der Waals surface area contributed by atoms with Gasteiger partial charge in [-0.3, -0.25) is 4.79 Å². The van der Waals surface area contributed by atoms with Crippen molar-refractivity contribution in [3.63, 3.8) is 0 Å². The second-order valence-electron chi connectivity index (χ2n) is 4.97. The van der Waals surface area contributed by atoms with Crippen LogP contribution in [0.2, 0.25) is 0 Å². The van der Waals surface area contributed by atoms with Crippen LogP contribution in [0.5, 0.6) is 0 Å². The Balaban J connectivity index is 2.64. The second kappa shape index (κ2) is 6.90. The van der Waals surface area contributed by atoms with Gasteiger partial charge in [-0.2, -0.15) is 0 Å².